The van der Waals surface area contributed by atoms with E-state index in [-0.39, 0.29) is 24.1 Å². The van der Waals surface area contributed by atoms with Crippen molar-refractivity contribution in [2.75, 3.05) is 0 Å². The molecule has 0 saturated heterocycles. The first-order valence-corrected chi connectivity index (χ1v) is 6.69. The molecule has 0 spiro atoms. The van der Waals surface area contributed by atoms with Crippen LogP contribution in [0.15, 0.2) is 42.7 Å². The highest BCUT2D eigenvalue weighted by Gasteiger charge is 2.16. The zero-order chi connectivity index (χ0) is 15.7. The van der Waals surface area contributed by atoms with Crippen LogP contribution in [0.1, 0.15) is 21.6 Å². The third kappa shape index (κ3) is 2.43. The number of imidazole rings is 1. The van der Waals surface area contributed by atoms with Crippen molar-refractivity contribution in [2.24, 2.45) is 0 Å². The van der Waals surface area contributed by atoms with Crippen molar-refractivity contribution in [1.82, 2.24) is 9.38 Å². The summed E-state index contributed by atoms with van der Waals surface area (Å²) in [6, 6.07) is 7.34. The van der Waals surface area contributed by atoms with Gasteiger partial charge in [0.25, 0.3) is 0 Å². The molecule has 0 unspecified atom stereocenters. The summed E-state index contributed by atoms with van der Waals surface area (Å²) in [5.74, 6) is -2.87. The van der Waals surface area contributed by atoms with E-state index in [1.807, 2.05) is 0 Å². The smallest absolute Gasteiger partial charge is 0.353 e. The summed E-state index contributed by atoms with van der Waals surface area (Å²) in [5.41, 5.74) is 1.38. The van der Waals surface area contributed by atoms with E-state index in [0.29, 0.717) is 11.2 Å². The number of rotatable bonds is 4. The number of halogens is 2. The molecule has 6 heteroatoms. The van der Waals surface area contributed by atoms with Gasteiger partial charge in [0.2, 0.25) is 0 Å². The third-order valence-electron chi connectivity index (χ3n) is 3.55. The van der Waals surface area contributed by atoms with Gasteiger partial charge in [-0.15, -0.1) is 0 Å². The van der Waals surface area contributed by atoms with Crippen molar-refractivity contribution in [2.45, 2.75) is 12.8 Å². The Kier molecular flexibility index (Phi) is 3.58. The van der Waals surface area contributed by atoms with E-state index in [1.165, 1.54) is 22.7 Å². The molecule has 0 amide bonds. The number of carboxylic acid groups (broad SMARTS) is 1. The van der Waals surface area contributed by atoms with Crippen molar-refractivity contribution in [3.63, 3.8) is 0 Å². The predicted molar refractivity (Wildman–Crippen MR) is 75.9 cm³/mol. The van der Waals surface area contributed by atoms with Crippen LogP contribution >= 0.6 is 0 Å². The molecule has 0 saturated carbocycles. The standard InChI is InChI=1S/C16H12F2N2O2/c17-12-3-1-2-10(14(12)18)4-5-11-6-7-13-19-8-9-20(13)15(11)16(21)22/h1-3,6-9H,4-5H2,(H,21,22). The molecule has 1 aromatic carbocycles. The van der Waals surface area contributed by atoms with Crippen molar-refractivity contribution in [3.05, 3.63) is 71.2 Å². The van der Waals surface area contributed by atoms with Crippen molar-refractivity contribution in [1.29, 1.82) is 0 Å². The second kappa shape index (κ2) is 5.55. The normalized spacial score (nSPS) is 11.0. The summed E-state index contributed by atoms with van der Waals surface area (Å²) in [7, 11) is 0. The van der Waals surface area contributed by atoms with E-state index in [2.05, 4.69) is 4.98 Å². The van der Waals surface area contributed by atoms with E-state index >= 15 is 0 Å². The molecule has 0 aliphatic heterocycles. The largest absolute Gasteiger partial charge is 0.477 e. The summed E-state index contributed by atoms with van der Waals surface area (Å²) in [6.07, 6.45) is 3.57. The van der Waals surface area contributed by atoms with Crippen molar-refractivity contribution < 1.29 is 18.7 Å². The Morgan fingerprint density at radius 3 is 2.68 bits per heavy atom. The molecule has 1 N–H and O–H groups in total. The van der Waals surface area contributed by atoms with Crippen LogP contribution in [0.5, 0.6) is 0 Å². The Hall–Kier alpha value is -2.76. The highest BCUT2D eigenvalue weighted by atomic mass is 19.2. The molecule has 22 heavy (non-hydrogen) atoms. The Labute approximate surface area is 124 Å². The highest BCUT2D eigenvalue weighted by Crippen LogP contribution is 2.18. The number of carbonyl (C=O) groups is 1. The molecule has 3 aromatic rings. The van der Waals surface area contributed by atoms with Gasteiger partial charge in [-0.3, -0.25) is 4.40 Å². The van der Waals surface area contributed by atoms with Gasteiger partial charge in [-0.2, -0.15) is 0 Å². The van der Waals surface area contributed by atoms with E-state index in [4.69, 9.17) is 0 Å². The summed E-state index contributed by atoms with van der Waals surface area (Å²) >= 11 is 0. The lowest BCUT2D eigenvalue weighted by molar-refractivity contribution is 0.0687. The fourth-order valence-corrected chi connectivity index (χ4v) is 2.49. The lowest BCUT2D eigenvalue weighted by atomic mass is 10.0. The summed E-state index contributed by atoms with van der Waals surface area (Å²) < 4.78 is 28.3. The van der Waals surface area contributed by atoms with Crippen LogP contribution in [0.4, 0.5) is 8.78 Å². The number of benzene rings is 1. The number of aromatic nitrogens is 2. The predicted octanol–water partition coefficient (Wildman–Crippen LogP) is 3.10. The summed E-state index contributed by atoms with van der Waals surface area (Å²) in [4.78, 5) is 15.5. The van der Waals surface area contributed by atoms with Gasteiger partial charge in [0.1, 0.15) is 11.3 Å². The minimum atomic E-state index is -1.08. The zero-order valence-electron chi connectivity index (χ0n) is 11.5. The van der Waals surface area contributed by atoms with E-state index in [0.717, 1.165) is 6.07 Å². The van der Waals surface area contributed by atoms with Gasteiger partial charge >= 0.3 is 5.97 Å². The van der Waals surface area contributed by atoms with E-state index in [1.54, 1.807) is 18.3 Å². The number of pyridine rings is 1. The molecule has 2 aromatic heterocycles. The van der Waals surface area contributed by atoms with Gasteiger partial charge in [0.05, 0.1) is 0 Å². The maximum atomic E-state index is 13.7. The Bertz CT molecular complexity index is 858. The van der Waals surface area contributed by atoms with Gasteiger partial charge in [-0.1, -0.05) is 18.2 Å². The average molecular weight is 302 g/mol. The van der Waals surface area contributed by atoms with Gasteiger partial charge in [0, 0.05) is 12.4 Å². The Morgan fingerprint density at radius 2 is 1.91 bits per heavy atom. The first-order chi connectivity index (χ1) is 10.6. The molecule has 0 fully saturated rings. The minimum Gasteiger partial charge on any atom is -0.477 e. The van der Waals surface area contributed by atoms with E-state index < -0.39 is 17.6 Å². The molecular weight excluding hydrogens is 290 g/mol. The number of aryl methyl sites for hydroxylation is 2. The second-order valence-electron chi connectivity index (χ2n) is 4.88. The molecule has 4 nitrogen and oxygen atoms in total. The Morgan fingerprint density at radius 1 is 1.14 bits per heavy atom. The third-order valence-corrected chi connectivity index (χ3v) is 3.55. The summed E-state index contributed by atoms with van der Waals surface area (Å²) in [5, 5.41) is 9.40. The lowest BCUT2D eigenvalue weighted by Crippen LogP contribution is -2.10. The average Bonchev–Trinajstić information content (AvgIpc) is 2.96. The molecule has 112 valence electrons. The number of hydrogen-bond donors (Lipinski definition) is 1. The van der Waals surface area contributed by atoms with Crippen LogP contribution in [0.25, 0.3) is 5.65 Å². The molecule has 2 heterocycles. The lowest BCUT2D eigenvalue weighted by Gasteiger charge is -2.09. The van der Waals surface area contributed by atoms with Gasteiger partial charge < -0.3 is 5.11 Å². The molecule has 0 atom stereocenters. The molecule has 3 rings (SSSR count). The first-order valence-electron chi connectivity index (χ1n) is 6.69. The zero-order valence-corrected chi connectivity index (χ0v) is 11.5. The van der Waals surface area contributed by atoms with Crippen LogP contribution in [-0.4, -0.2) is 20.5 Å². The van der Waals surface area contributed by atoms with Gasteiger partial charge in [0.15, 0.2) is 11.6 Å². The maximum Gasteiger partial charge on any atom is 0.353 e. The maximum absolute atomic E-state index is 13.7. The van der Waals surface area contributed by atoms with Crippen molar-refractivity contribution in [3.8, 4) is 0 Å². The fourth-order valence-electron chi connectivity index (χ4n) is 2.49. The molecule has 0 bridgehead atoms. The first kappa shape index (κ1) is 14.2. The van der Waals surface area contributed by atoms with Crippen LogP contribution in [0.2, 0.25) is 0 Å². The quantitative estimate of drug-likeness (QED) is 0.805. The number of nitrogens with zero attached hydrogens (tertiary/aromatic N) is 2. The Balaban J connectivity index is 1.95. The topological polar surface area (TPSA) is 54.6 Å². The molecular formula is C16H12F2N2O2. The summed E-state index contributed by atoms with van der Waals surface area (Å²) in [6.45, 7) is 0. The van der Waals surface area contributed by atoms with Gasteiger partial charge in [-0.25, -0.2) is 18.6 Å². The monoisotopic (exact) mass is 302 g/mol. The van der Waals surface area contributed by atoms with Crippen molar-refractivity contribution >= 4 is 11.6 Å². The second-order valence-corrected chi connectivity index (χ2v) is 4.88. The fraction of sp³-hybridized carbons (Fsp3) is 0.125. The van der Waals surface area contributed by atoms with Crippen LogP contribution in [-0.2, 0) is 12.8 Å². The van der Waals surface area contributed by atoms with Gasteiger partial charge in [-0.05, 0) is 36.1 Å². The molecule has 0 radical (unpaired) electrons. The highest BCUT2D eigenvalue weighted by molar-refractivity contribution is 5.88. The molecule has 0 aliphatic carbocycles. The minimum absolute atomic E-state index is 0.0896. The number of fused-ring (bicyclic) bond motifs is 1. The van der Waals surface area contributed by atoms with Crippen LogP contribution < -0.4 is 0 Å². The van der Waals surface area contributed by atoms with Crippen LogP contribution in [0.3, 0.4) is 0 Å². The van der Waals surface area contributed by atoms with Crippen LogP contribution in [0, 0.1) is 11.6 Å². The number of carboxylic acids is 1. The van der Waals surface area contributed by atoms with E-state index in [9.17, 15) is 18.7 Å². The molecule has 0 aliphatic rings. The number of hydrogen-bond acceptors (Lipinski definition) is 2. The number of aromatic carboxylic acids is 1. The SMILES string of the molecule is O=C(O)c1c(CCc2cccc(F)c2F)ccc2nccn12.